The molecule has 1 heterocycles. The molecule has 0 radical (unpaired) electrons. The highest BCUT2D eigenvalue weighted by molar-refractivity contribution is 6.00. The van der Waals surface area contributed by atoms with Crippen molar-refractivity contribution >= 4 is 29.1 Å². The third kappa shape index (κ3) is 4.66. The van der Waals surface area contributed by atoms with Gasteiger partial charge < -0.3 is 16.0 Å². The quantitative estimate of drug-likeness (QED) is 0.739. The lowest BCUT2D eigenvalue weighted by Crippen LogP contribution is -2.27. The van der Waals surface area contributed by atoms with Crippen molar-refractivity contribution < 1.29 is 14.4 Å². The van der Waals surface area contributed by atoms with E-state index in [9.17, 15) is 14.4 Å². The third-order valence-electron chi connectivity index (χ3n) is 4.10. The summed E-state index contributed by atoms with van der Waals surface area (Å²) in [6, 6.07) is 10.6. The van der Waals surface area contributed by atoms with Crippen molar-refractivity contribution in [1.82, 2.24) is 10.3 Å². The van der Waals surface area contributed by atoms with Crippen LogP contribution in [0.15, 0.2) is 48.8 Å². The first-order valence-electron chi connectivity index (χ1n) is 8.38. The Hall–Kier alpha value is -3.22. The molecule has 26 heavy (non-hydrogen) atoms. The van der Waals surface area contributed by atoms with Crippen molar-refractivity contribution in [2.45, 2.75) is 19.9 Å². The SMILES string of the molecule is CC(=O)Nc1cccc(NC(=O)C2CC2C(=O)NCc2cccnc2)c1. The van der Waals surface area contributed by atoms with E-state index in [4.69, 9.17) is 0 Å². The van der Waals surface area contributed by atoms with Crippen LogP contribution in [0.3, 0.4) is 0 Å². The number of pyridine rings is 1. The minimum atomic E-state index is -0.326. The molecule has 1 aliphatic carbocycles. The molecule has 3 N–H and O–H groups in total. The van der Waals surface area contributed by atoms with E-state index in [0.717, 1.165) is 5.56 Å². The smallest absolute Gasteiger partial charge is 0.228 e. The summed E-state index contributed by atoms with van der Waals surface area (Å²) in [5.41, 5.74) is 2.11. The van der Waals surface area contributed by atoms with Crippen molar-refractivity contribution in [2.24, 2.45) is 11.8 Å². The van der Waals surface area contributed by atoms with E-state index in [1.165, 1.54) is 6.92 Å². The molecule has 0 bridgehead atoms. The molecular weight excluding hydrogens is 332 g/mol. The molecule has 0 saturated heterocycles. The van der Waals surface area contributed by atoms with Crippen LogP contribution in [0.25, 0.3) is 0 Å². The Morgan fingerprint density at radius 1 is 1.04 bits per heavy atom. The lowest BCUT2D eigenvalue weighted by atomic mass is 10.2. The molecule has 2 aromatic rings. The third-order valence-corrected chi connectivity index (χ3v) is 4.10. The van der Waals surface area contributed by atoms with Crippen LogP contribution in [-0.2, 0) is 20.9 Å². The van der Waals surface area contributed by atoms with Gasteiger partial charge in [0.1, 0.15) is 0 Å². The fraction of sp³-hybridized carbons (Fsp3) is 0.263. The minimum absolute atomic E-state index is 0.124. The number of amides is 3. The maximum absolute atomic E-state index is 12.3. The van der Waals surface area contributed by atoms with Crippen molar-refractivity contribution in [2.75, 3.05) is 10.6 Å². The van der Waals surface area contributed by atoms with Crippen LogP contribution in [0, 0.1) is 11.8 Å². The van der Waals surface area contributed by atoms with E-state index >= 15 is 0 Å². The Morgan fingerprint density at radius 3 is 2.46 bits per heavy atom. The molecule has 1 saturated carbocycles. The fourth-order valence-electron chi connectivity index (χ4n) is 2.71. The van der Waals surface area contributed by atoms with Crippen molar-refractivity contribution in [3.05, 3.63) is 54.4 Å². The van der Waals surface area contributed by atoms with Gasteiger partial charge in [-0.15, -0.1) is 0 Å². The van der Waals surface area contributed by atoms with Gasteiger partial charge in [-0.2, -0.15) is 0 Å². The first-order chi connectivity index (χ1) is 12.5. The summed E-state index contributed by atoms with van der Waals surface area (Å²) in [4.78, 5) is 39.6. The number of rotatable bonds is 6. The number of anilines is 2. The van der Waals surface area contributed by atoms with Crippen LogP contribution < -0.4 is 16.0 Å². The Morgan fingerprint density at radius 2 is 1.77 bits per heavy atom. The summed E-state index contributed by atoms with van der Waals surface area (Å²) < 4.78 is 0. The summed E-state index contributed by atoms with van der Waals surface area (Å²) in [6.45, 7) is 1.82. The van der Waals surface area contributed by atoms with E-state index in [1.54, 1.807) is 36.7 Å². The van der Waals surface area contributed by atoms with E-state index < -0.39 is 0 Å². The van der Waals surface area contributed by atoms with Crippen LogP contribution in [-0.4, -0.2) is 22.7 Å². The number of hydrogen-bond acceptors (Lipinski definition) is 4. The van der Waals surface area contributed by atoms with Gasteiger partial charge in [0.25, 0.3) is 0 Å². The molecule has 1 aliphatic rings. The highest BCUT2D eigenvalue weighted by Crippen LogP contribution is 2.39. The number of nitrogens with one attached hydrogen (secondary N) is 3. The second kappa shape index (κ2) is 7.77. The number of aromatic nitrogens is 1. The van der Waals surface area contributed by atoms with Crippen molar-refractivity contribution in [1.29, 1.82) is 0 Å². The largest absolute Gasteiger partial charge is 0.352 e. The molecular formula is C19H20N4O3. The van der Waals surface area contributed by atoms with E-state index in [0.29, 0.717) is 24.3 Å². The lowest BCUT2D eigenvalue weighted by Gasteiger charge is -2.08. The number of benzene rings is 1. The zero-order valence-electron chi connectivity index (χ0n) is 14.4. The van der Waals surface area contributed by atoms with Gasteiger partial charge in [-0.05, 0) is 36.2 Å². The van der Waals surface area contributed by atoms with E-state index in [2.05, 4.69) is 20.9 Å². The van der Waals surface area contributed by atoms with Crippen molar-refractivity contribution in [3.8, 4) is 0 Å². The summed E-state index contributed by atoms with van der Waals surface area (Å²) >= 11 is 0. The highest BCUT2D eigenvalue weighted by atomic mass is 16.2. The first kappa shape index (κ1) is 17.6. The molecule has 134 valence electrons. The van der Waals surface area contributed by atoms with Crippen LogP contribution in [0.2, 0.25) is 0 Å². The molecule has 3 amide bonds. The predicted molar refractivity (Wildman–Crippen MR) is 97.1 cm³/mol. The topological polar surface area (TPSA) is 100 Å². The van der Waals surface area contributed by atoms with Crippen LogP contribution >= 0.6 is 0 Å². The second-order valence-electron chi connectivity index (χ2n) is 6.28. The van der Waals surface area contributed by atoms with E-state index in [1.807, 2.05) is 12.1 Å². The number of carbonyl (C=O) groups is 3. The Balaban J connectivity index is 1.49. The Kier molecular flexibility index (Phi) is 5.26. The fourth-order valence-corrected chi connectivity index (χ4v) is 2.71. The van der Waals surface area contributed by atoms with E-state index in [-0.39, 0.29) is 29.6 Å². The van der Waals surface area contributed by atoms with Gasteiger partial charge in [0.05, 0.1) is 11.8 Å². The van der Waals surface area contributed by atoms with Crippen LogP contribution in [0.4, 0.5) is 11.4 Å². The first-order valence-corrected chi connectivity index (χ1v) is 8.38. The minimum Gasteiger partial charge on any atom is -0.352 e. The van der Waals surface area contributed by atoms with Gasteiger partial charge in [-0.3, -0.25) is 19.4 Å². The molecule has 1 fully saturated rings. The zero-order chi connectivity index (χ0) is 18.5. The summed E-state index contributed by atoms with van der Waals surface area (Å²) in [7, 11) is 0. The zero-order valence-corrected chi connectivity index (χ0v) is 14.4. The number of hydrogen-bond donors (Lipinski definition) is 3. The predicted octanol–water partition coefficient (Wildman–Crippen LogP) is 1.93. The monoisotopic (exact) mass is 352 g/mol. The molecule has 7 nitrogen and oxygen atoms in total. The summed E-state index contributed by atoms with van der Waals surface area (Å²) in [6.07, 6.45) is 3.91. The molecule has 0 aliphatic heterocycles. The van der Waals surface area contributed by atoms with Gasteiger partial charge in [-0.25, -0.2) is 0 Å². The maximum Gasteiger partial charge on any atom is 0.228 e. The number of carbonyl (C=O) groups excluding carboxylic acids is 3. The average molecular weight is 352 g/mol. The molecule has 7 heteroatoms. The van der Waals surface area contributed by atoms with Gasteiger partial charge in [0.2, 0.25) is 17.7 Å². The molecule has 1 aromatic heterocycles. The summed E-state index contributed by atoms with van der Waals surface area (Å²) in [5, 5.41) is 8.29. The van der Waals surface area contributed by atoms with Gasteiger partial charge in [0, 0.05) is 37.2 Å². The number of nitrogens with zero attached hydrogens (tertiary/aromatic N) is 1. The normalized spacial score (nSPS) is 17.9. The van der Waals surface area contributed by atoms with Gasteiger partial charge in [0.15, 0.2) is 0 Å². The lowest BCUT2D eigenvalue weighted by molar-refractivity contribution is -0.125. The standard InChI is InChI=1S/C19H20N4O3/c1-12(24)22-14-5-2-6-15(8-14)23-19(26)17-9-16(17)18(25)21-11-13-4-3-7-20-10-13/h2-8,10,16-17H,9,11H2,1H3,(H,21,25)(H,22,24)(H,23,26). The molecule has 1 aromatic carbocycles. The highest BCUT2D eigenvalue weighted by Gasteiger charge is 2.47. The Bertz CT molecular complexity index is 823. The second-order valence-corrected chi connectivity index (χ2v) is 6.28. The van der Waals surface area contributed by atoms with Gasteiger partial charge in [-0.1, -0.05) is 12.1 Å². The molecule has 3 rings (SSSR count). The molecule has 2 atom stereocenters. The van der Waals surface area contributed by atoms with Crippen LogP contribution in [0.1, 0.15) is 18.9 Å². The van der Waals surface area contributed by atoms with Gasteiger partial charge >= 0.3 is 0 Å². The molecule has 0 spiro atoms. The molecule has 2 unspecified atom stereocenters. The summed E-state index contributed by atoms with van der Waals surface area (Å²) in [5.74, 6) is -1.12. The maximum atomic E-state index is 12.3. The average Bonchev–Trinajstić information content (AvgIpc) is 3.41. The van der Waals surface area contributed by atoms with Crippen molar-refractivity contribution in [3.63, 3.8) is 0 Å². The van der Waals surface area contributed by atoms with Crippen LogP contribution in [0.5, 0.6) is 0 Å². The Labute approximate surface area is 151 Å².